The fourth-order valence-corrected chi connectivity index (χ4v) is 0.894. The zero-order valence-electron chi connectivity index (χ0n) is 5.57. The van der Waals surface area contributed by atoms with E-state index < -0.39 is 5.76 Å². The fraction of sp³-hybridized carbons (Fsp3) is 0. The van der Waals surface area contributed by atoms with Gasteiger partial charge in [0.1, 0.15) is 0 Å². The summed E-state index contributed by atoms with van der Waals surface area (Å²) in [6.45, 7) is 0. The van der Waals surface area contributed by atoms with Crippen LogP contribution in [0.3, 0.4) is 0 Å². The van der Waals surface area contributed by atoms with Crippen molar-refractivity contribution in [3.05, 3.63) is 34.8 Å². The van der Waals surface area contributed by atoms with E-state index in [4.69, 9.17) is 4.42 Å². The van der Waals surface area contributed by atoms with Crippen molar-refractivity contribution in [1.29, 1.82) is 0 Å². The summed E-state index contributed by atoms with van der Waals surface area (Å²) >= 11 is 0. The van der Waals surface area contributed by atoms with Crippen molar-refractivity contribution in [3.63, 3.8) is 0 Å². The number of fused-ring (bicyclic) bond motifs is 1. The molecule has 0 atom stereocenters. The third-order valence-corrected chi connectivity index (χ3v) is 1.33. The van der Waals surface area contributed by atoms with Crippen molar-refractivity contribution in [1.82, 2.24) is 4.98 Å². The van der Waals surface area contributed by atoms with Crippen LogP contribution in [0, 0.1) is 0 Å². The molecule has 2 rings (SSSR count). The number of hydrogen-bond acceptors (Lipinski definition) is 2. The van der Waals surface area contributed by atoms with Gasteiger partial charge in [-0.05, 0) is 12.1 Å². The van der Waals surface area contributed by atoms with Gasteiger partial charge < -0.3 is 4.42 Å². The van der Waals surface area contributed by atoms with Crippen LogP contribution in [0.2, 0.25) is 0 Å². The Morgan fingerprint density at radius 2 is 2.00 bits per heavy atom. The Labute approximate surface area is 73.7 Å². The molecule has 4 heteroatoms. The van der Waals surface area contributed by atoms with Crippen LogP contribution in [0.15, 0.2) is 33.5 Å². The first kappa shape index (κ1) is 8.15. The summed E-state index contributed by atoms with van der Waals surface area (Å²) in [4.78, 5) is 13.1. The van der Waals surface area contributed by atoms with Crippen molar-refractivity contribution in [2.75, 3.05) is 0 Å². The van der Waals surface area contributed by atoms with Crippen molar-refractivity contribution < 1.29 is 4.42 Å². The summed E-state index contributed by atoms with van der Waals surface area (Å²) in [6.07, 6.45) is 0. The van der Waals surface area contributed by atoms with E-state index >= 15 is 0 Å². The molecule has 2 aromatic rings. The first-order valence-corrected chi connectivity index (χ1v) is 2.94. The van der Waals surface area contributed by atoms with E-state index in [1.807, 2.05) is 12.1 Å². The first-order chi connectivity index (χ1) is 4.86. The molecule has 0 fully saturated rings. The minimum absolute atomic E-state index is 0. The van der Waals surface area contributed by atoms with Crippen LogP contribution in [-0.4, -0.2) is 22.9 Å². The van der Waals surface area contributed by atoms with Gasteiger partial charge in [-0.2, -0.15) is 0 Å². The van der Waals surface area contributed by atoms with Crippen LogP contribution < -0.4 is 5.76 Å². The van der Waals surface area contributed by atoms with E-state index in [0.29, 0.717) is 5.58 Å². The average Bonchev–Trinajstić information content (AvgIpc) is 2.27. The molecule has 1 N–H and O–H groups in total. The molecule has 0 aliphatic carbocycles. The van der Waals surface area contributed by atoms with Crippen molar-refractivity contribution >= 4 is 29.1 Å². The van der Waals surface area contributed by atoms with Gasteiger partial charge in [0.25, 0.3) is 0 Å². The zero-order chi connectivity index (χ0) is 6.97. The van der Waals surface area contributed by atoms with Crippen LogP contribution >= 0.6 is 0 Å². The Morgan fingerprint density at radius 3 is 2.73 bits per heavy atom. The van der Waals surface area contributed by atoms with Gasteiger partial charge in [0.15, 0.2) is 5.58 Å². The second kappa shape index (κ2) is 2.97. The molecule has 55 valence electrons. The Bertz CT molecular complexity index is 368. The van der Waals surface area contributed by atoms with Crippen LogP contribution in [0.25, 0.3) is 11.1 Å². The molecular weight excluding hydrogens is 205 g/mol. The normalized spacial score (nSPS) is 9.45. The van der Waals surface area contributed by atoms with Crippen LogP contribution in [-0.2, 0) is 0 Å². The number of nitrogens with one attached hydrogen (secondary N) is 1. The number of H-pyrrole nitrogens is 1. The number of hydrogen-bond donors (Lipinski definition) is 1. The van der Waals surface area contributed by atoms with Gasteiger partial charge in [0.2, 0.25) is 0 Å². The van der Waals surface area contributed by atoms with Gasteiger partial charge in [-0.15, -0.1) is 0 Å². The third-order valence-electron chi connectivity index (χ3n) is 1.33. The molecule has 0 aliphatic rings. The minimum Gasteiger partial charge on any atom is -0.408 e. The van der Waals surface area contributed by atoms with Gasteiger partial charge in [-0.3, -0.25) is 4.98 Å². The Morgan fingerprint density at radius 1 is 1.27 bits per heavy atom. The van der Waals surface area contributed by atoms with Crippen molar-refractivity contribution in [2.24, 2.45) is 0 Å². The molecule has 0 saturated heterocycles. The third kappa shape index (κ3) is 1.38. The van der Waals surface area contributed by atoms with Gasteiger partial charge in [0.05, 0.1) is 5.52 Å². The smallest absolute Gasteiger partial charge is 0.408 e. The summed E-state index contributed by atoms with van der Waals surface area (Å²) in [7, 11) is 0. The summed E-state index contributed by atoms with van der Waals surface area (Å²) in [6, 6.07) is 7.19. The molecule has 0 amide bonds. The maximum Gasteiger partial charge on any atom is 0.417 e. The van der Waals surface area contributed by atoms with Crippen LogP contribution in [0.5, 0.6) is 0 Å². The topological polar surface area (TPSA) is 46.0 Å². The van der Waals surface area contributed by atoms with Gasteiger partial charge in [-0.25, -0.2) is 4.79 Å². The molecule has 1 aromatic heterocycles. The maximum absolute atomic E-state index is 10.6. The van der Waals surface area contributed by atoms with Gasteiger partial charge >= 0.3 is 5.76 Å². The molecule has 3 radical (unpaired) electrons. The molecule has 1 aromatic carbocycles. The molecule has 1 heterocycles. The van der Waals surface area contributed by atoms with Crippen molar-refractivity contribution in [3.8, 4) is 0 Å². The molecule has 0 aliphatic heterocycles. The minimum atomic E-state index is -0.402. The number of aromatic nitrogens is 1. The van der Waals surface area contributed by atoms with E-state index in [9.17, 15) is 4.79 Å². The van der Waals surface area contributed by atoms with E-state index in [1.165, 1.54) is 0 Å². The van der Waals surface area contributed by atoms with Gasteiger partial charge in [-0.1, -0.05) is 12.1 Å². The summed E-state index contributed by atoms with van der Waals surface area (Å²) in [5, 5.41) is 0. The zero-order valence-corrected chi connectivity index (χ0v) is 7.45. The quantitative estimate of drug-likeness (QED) is 0.652. The van der Waals surface area contributed by atoms with Crippen LogP contribution in [0.4, 0.5) is 0 Å². The summed E-state index contributed by atoms with van der Waals surface area (Å²) in [5.74, 6) is -0.402. The average molecular weight is 210 g/mol. The predicted octanol–water partition coefficient (Wildman–Crippen LogP) is 0.740. The van der Waals surface area contributed by atoms with E-state index in [2.05, 4.69) is 4.98 Å². The monoisotopic (exact) mass is 210 g/mol. The van der Waals surface area contributed by atoms with E-state index in [1.54, 1.807) is 12.1 Å². The Balaban J connectivity index is 0.000000605. The second-order valence-electron chi connectivity index (χ2n) is 2.01. The molecule has 0 unspecified atom stereocenters. The molecular formula is C7H5AsNO2. The van der Waals surface area contributed by atoms with E-state index in [0.717, 1.165) is 5.52 Å². The molecule has 0 saturated carbocycles. The molecule has 0 spiro atoms. The second-order valence-corrected chi connectivity index (χ2v) is 2.01. The molecule has 0 bridgehead atoms. The van der Waals surface area contributed by atoms with Crippen LogP contribution in [0.1, 0.15) is 0 Å². The number of oxazole rings is 1. The Kier molecular flexibility index (Phi) is 2.20. The summed E-state index contributed by atoms with van der Waals surface area (Å²) in [5.41, 5.74) is 1.35. The number of rotatable bonds is 0. The number of para-hydroxylation sites is 2. The Hall–Kier alpha value is -0.952. The first-order valence-electron chi connectivity index (χ1n) is 2.94. The van der Waals surface area contributed by atoms with E-state index in [-0.39, 0.29) is 18.0 Å². The number of aromatic amines is 1. The largest absolute Gasteiger partial charge is 0.417 e. The number of benzene rings is 1. The molecule has 3 nitrogen and oxygen atoms in total. The maximum atomic E-state index is 10.6. The summed E-state index contributed by atoms with van der Waals surface area (Å²) < 4.78 is 4.76. The fourth-order valence-electron chi connectivity index (χ4n) is 0.894. The van der Waals surface area contributed by atoms with Crippen molar-refractivity contribution in [2.45, 2.75) is 0 Å². The SMILES string of the molecule is O=c1[nH]c2ccccc2o1.[As]. The molecule has 11 heavy (non-hydrogen) atoms. The predicted molar refractivity (Wildman–Crippen MR) is 42.6 cm³/mol. The van der Waals surface area contributed by atoms with Gasteiger partial charge in [0, 0.05) is 18.0 Å². The standard InChI is InChI=1S/C7H5NO2.As/c9-7-8-5-3-1-2-4-6(5)10-7;/h1-4H,(H,8,9);.